The lowest BCUT2D eigenvalue weighted by Crippen LogP contribution is -2.37. The first-order valence-corrected chi connectivity index (χ1v) is 21.8. The molecule has 3 heterocycles. The Balaban J connectivity index is 0.821. The highest BCUT2D eigenvalue weighted by atomic mass is 16.5. The predicted octanol–water partition coefficient (Wildman–Crippen LogP) is 8.69. The second kappa shape index (κ2) is 14.0. The molecule has 0 aromatic heterocycles. The first kappa shape index (κ1) is 35.1. The van der Waals surface area contributed by atoms with E-state index in [2.05, 4.69) is 216 Å². The molecule has 5 aromatic rings. The maximum absolute atomic E-state index is 6.97. The molecule has 0 bridgehead atoms. The van der Waals surface area contributed by atoms with Crippen molar-refractivity contribution in [1.82, 2.24) is 0 Å². The maximum Gasteiger partial charge on any atom is 0.128 e. The molecular formula is C56H44N2O3. The van der Waals surface area contributed by atoms with E-state index in [4.69, 9.17) is 14.2 Å². The van der Waals surface area contributed by atoms with Crippen LogP contribution in [0.2, 0.25) is 0 Å². The molecule has 0 saturated carbocycles. The van der Waals surface area contributed by atoms with Crippen LogP contribution in [0.5, 0.6) is 5.75 Å². The van der Waals surface area contributed by atoms with Gasteiger partial charge in [-0.3, -0.25) is 0 Å². The van der Waals surface area contributed by atoms with Crippen molar-refractivity contribution in [2.24, 2.45) is 23.7 Å². The summed E-state index contributed by atoms with van der Waals surface area (Å²) in [6.07, 6.45) is 34.1. The number of hydrogen-bond acceptors (Lipinski definition) is 5. The summed E-state index contributed by atoms with van der Waals surface area (Å²) in [5.41, 5.74) is 7.89. The van der Waals surface area contributed by atoms with Gasteiger partial charge in [-0.2, -0.15) is 0 Å². The Hall–Kier alpha value is -6.66. The highest BCUT2D eigenvalue weighted by molar-refractivity contribution is 5.78. The molecule has 61 heavy (non-hydrogen) atoms. The summed E-state index contributed by atoms with van der Waals surface area (Å²) in [5.74, 6) is 2.44. The van der Waals surface area contributed by atoms with E-state index < -0.39 is 0 Å². The summed E-state index contributed by atoms with van der Waals surface area (Å²) in [6, 6.07) is 41.7. The van der Waals surface area contributed by atoms with Crippen LogP contribution in [0.1, 0.15) is 11.5 Å². The smallest absolute Gasteiger partial charge is 0.128 e. The van der Waals surface area contributed by atoms with Gasteiger partial charge in [0.2, 0.25) is 0 Å². The minimum absolute atomic E-state index is 0.0179. The number of para-hydroxylation sites is 2. The van der Waals surface area contributed by atoms with Crippen molar-refractivity contribution in [3.8, 4) is 5.75 Å². The largest absolute Gasteiger partial charge is 0.485 e. The molecule has 5 aliphatic carbocycles. The number of benzene rings is 5. The maximum atomic E-state index is 6.97. The quantitative estimate of drug-likeness (QED) is 0.172. The molecule has 0 amide bonds. The van der Waals surface area contributed by atoms with Gasteiger partial charge in [0.1, 0.15) is 11.9 Å². The molecule has 0 N–H and O–H groups in total. The first-order chi connectivity index (χ1) is 30.2. The molecule has 5 aromatic carbocycles. The molecule has 2 saturated heterocycles. The van der Waals surface area contributed by atoms with Crippen molar-refractivity contribution < 1.29 is 14.2 Å². The third kappa shape index (κ3) is 5.83. The molecule has 13 rings (SSSR count). The number of nitrogens with zero attached hydrogens (tertiary/aromatic N) is 2. The molecule has 10 atom stereocenters. The van der Waals surface area contributed by atoms with E-state index in [1.165, 1.54) is 26.4 Å². The normalized spacial score (nSPS) is 29.6. The number of rotatable bonds is 6. The van der Waals surface area contributed by atoms with Gasteiger partial charge in [0.25, 0.3) is 0 Å². The third-order valence-corrected chi connectivity index (χ3v) is 13.9. The van der Waals surface area contributed by atoms with Crippen molar-refractivity contribution in [1.29, 1.82) is 0 Å². The number of fused-ring (bicyclic) bond motifs is 11. The SMILES string of the molecule is C1=CC2Oc3cc(N(c4ccccc4)c4ccc5c(c4)=CC4OC6C=c7cc(N(C8=CC9OC%10C=CC=CC%10C9C=C8)c8ccccc8)ccc7=CC6C4C=5)ccc3C2C=C1. The van der Waals surface area contributed by atoms with E-state index in [9.17, 15) is 0 Å². The summed E-state index contributed by atoms with van der Waals surface area (Å²) >= 11 is 0. The van der Waals surface area contributed by atoms with Gasteiger partial charge in [-0.15, -0.1) is 0 Å². The molecule has 10 unspecified atom stereocenters. The van der Waals surface area contributed by atoms with Crippen molar-refractivity contribution in [3.63, 3.8) is 0 Å². The Kier molecular flexibility index (Phi) is 8.03. The Morgan fingerprint density at radius 1 is 0.377 bits per heavy atom. The predicted molar refractivity (Wildman–Crippen MR) is 245 cm³/mol. The van der Waals surface area contributed by atoms with Crippen molar-refractivity contribution in [3.05, 3.63) is 214 Å². The molecule has 296 valence electrons. The number of allylic oxidation sites excluding steroid dienone is 5. The van der Waals surface area contributed by atoms with E-state index in [-0.39, 0.29) is 48.3 Å². The summed E-state index contributed by atoms with van der Waals surface area (Å²) in [6.45, 7) is 0. The van der Waals surface area contributed by atoms with E-state index >= 15 is 0 Å². The monoisotopic (exact) mass is 792 g/mol. The molecule has 8 aliphatic rings. The lowest BCUT2D eigenvalue weighted by molar-refractivity contribution is 0.0879. The van der Waals surface area contributed by atoms with Crippen LogP contribution in [0.15, 0.2) is 188 Å². The van der Waals surface area contributed by atoms with Crippen LogP contribution in [0, 0.1) is 23.7 Å². The van der Waals surface area contributed by atoms with Crippen LogP contribution < -0.4 is 35.4 Å². The summed E-state index contributed by atoms with van der Waals surface area (Å²) in [7, 11) is 0. The fourth-order valence-electron chi connectivity index (χ4n) is 11.0. The van der Waals surface area contributed by atoms with Crippen LogP contribution in [0.4, 0.5) is 28.4 Å². The standard InChI is InChI=1S/C56H44N2O3/c1-3-11-39(12-4-1)57(43-23-25-47-45-15-7-9-17-51(45)59-55(47)33-43)41-21-19-35-29-49-50-30-36-20-22-42(28-38(36)32-54(50)61-53(49)31-37(35)27-41)58(40-13-5-2-6-14-40)44-24-26-48-46-16-8-10-18-52(46)60-56(48)34-44/h1-34,45-47,49-55H. The Labute approximate surface area is 355 Å². The minimum atomic E-state index is -0.0202. The van der Waals surface area contributed by atoms with Gasteiger partial charge in [-0.05, 0) is 106 Å². The Morgan fingerprint density at radius 3 is 1.66 bits per heavy atom. The molecule has 3 aliphatic heterocycles. The van der Waals surface area contributed by atoms with Crippen LogP contribution in [-0.4, -0.2) is 30.5 Å². The van der Waals surface area contributed by atoms with Crippen LogP contribution >= 0.6 is 0 Å². The zero-order valence-electron chi connectivity index (χ0n) is 33.5. The molecule has 0 spiro atoms. The summed E-state index contributed by atoms with van der Waals surface area (Å²) < 4.78 is 20.0. The van der Waals surface area contributed by atoms with E-state index in [1.54, 1.807) is 0 Å². The number of ether oxygens (including phenoxy) is 3. The summed E-state index contributed by atoms with van der Waals surface area (Å²) in [4.78, 5) is 4.70. The molecule has 2 fully saturated rings. The fraction of sp³-hybridized carbons (Fsp3) is 0.179. The first-order valence-electron chi connectivity index (χ1n) is 21.8. The van der Waals surface area contributed by atoms with Gasteiger partial charge in [0.05, 0.1) is 24.4 Å². The van der Waals surface area contributed by atoms with Gasteiger partial charge < -0.3 is 24.0 Å². The highest BCUT2D eigenvalue weighted by Crippen LogP contribution is 2.46. The average molecular weight is 793 g/mol. The van der Waals surface area contributed by atoms with E-state index in [0.29, 0.717) is 11.8 Å². The summed E-state index contributed by atoms with van der Waals surface area (Å²) in [5, 5.41) is 4.92. The van der Waals surface area contributed by atoms with Crippen molar-refractivity contribution in [2.75, 3.05) is 9.80 Å². The Morgan fingerprint density at radius 2 is 0.934 bits per heavy atom. The number of hydrogen-bond donors (Lipinski definition) is 0. The lowest BCUT2D eigenvalue weighted by atomic mass is 9.81. The lowest BCUT2D eigenvalue weighted by Gasteiger charge is -2.30. The molecule has 5 heteroatoms. The second-order valence-electron chi connectivity index (χ2n) is 17.4. The average Bonchev–Trinajstić information content (AvgIpc) is 3.98. The topological polar surface area (TPSA) is 34.2 Å². The molecule has 5 nitrogen and oxygen atoms in total. The van der Waals surface area contributed by atoms with Crippen LogP contribution in [-0.2, 0) is 9.47 Å². The fourth-order valence-corrected chi connectivity index (χ4v) is 11.0. The van der Waals surface area contributed by atoms with Gasteiger partial charge in [-0.1, -0.05) is 115 Å². The number of anilines is 5. The van der Waals surface area contributed by atoms with E-state index in [1.807, 2.05) is 0 Å². The van der Waals surface area contributed by atoms with Crippen molar-refractivity contribution in [2.45, 2.75) is 36.4 Å². The van der Waals surface area contributed by atoms with Crippen LogP contribution in [0.3, 0.4) is 0 Å². The van der Waals surface area contributed by atoms with Crippen molar-refractivity contribution >= 4 is 52.7 Å². The van der Waals surface area contributed by atoms with Gasteiger partial charge in [0, 0.05) is 75.4 Å². The van der Waals surface area contributed by atoms with Gasteiger partial charge in [0.15, 0.2) is 0 Å². The zero-order chi connectivity index (χ0) is 40.0. The molecule has 0 radical (unpaired) electrons. The second-order valence-corrected chi connectivity index (χ2v) is 17.4. The van der Waals surface area contributed by atoms with Crippen LogP contribution in [0.25, 0.3) is 24.3 Å². The zero-order valence-corrected chi connectivity index (χ0v) is 33.5. The third-order valence-electron chi connectivity index (χ3n) is 13.9. The minimum Gasteiger partial charge on any atom is -0.485 e. The highest BCUT2D eigenvalue weighted by Gasteiger charge is 2.43. The van der Waals surface area contributed by atoms with Gasteiger partial charge >= 0.3 is 0 Å². The van der Waals surface area contributed by atoms with E-state index in [0.717, 1.165) is 39.9 Å². The molecular weight excluding hydrogens is 749 g/mol. The van der Waals surface area contributed by atoms with Gasteiger partial charge in [-0.25, -0.2) is 0 Å². The Bertz CT molecular complexity index is 3050.